The summed E-state index contributed by atoms with van der Waals surface area (Å²) in [4.78, 5) is 32.6. The van der Waals surface area contributed by atoms with Gasteiger partial charge in [-0.1, -0.05) is 48.5 Å². The maximum absolute atomic E-state index is 13.3. The fourth-order valence-electron chi connectivity index (χ4n) is 4.10. The Kier molecular flexibility index (Phi) is 4.87. The van der Waals surface area contributed by atoms with E-state index in [0.29, 0.717) is 22.5 Å². The molecule has 2 heterocycles. The van der Waals surface area contributed by atoms with E-state index in [-0.39, 0.29) is 16.8 Å². The van der Waals surface area contributed by atoms with Crippen LogP contribution < -0.4 is 10.5 Å². The minimum atomic E-state index is -0.106. The van der Waals surface area contributed by atoms with Crippen molar-refractivity contribution in [3.05, 3.63) is 100 Å². The van der Waals surface area contributed by atoms with Crippen molar-refractivity contribution in [2.24, 2.45) is 0 Å². The van der Waals surface area contributed by atoms with Gasteiger partial charge < -0.3 is 0 Å². The van der Waals surface area contributed by atoms with Gasteiger partial charge in [0, 0.05) is 5.69 Å². The first-order valence-electron chi connectivity index (χ1n) is 10.1. The number of benzene rings is 3. The maximum atomic E-state index is 13.3. The molecule has 1 unspecified atom stereocenters. The average Bonchev–Trinajstić information content (AvgIpc) is 3.16. The van der Waals surface area contributed by atoms with E-state index in [1.54, 1.807) is 22.4 Å². The summed E-state index contributed by atoms with van der Waals surface area (Å²) in [6, 6.07) is 23.3. The second-order valence-electron chi connectivity index (χ2n) is 7.63. The largest absolute Gasteiger partial charge is 0.295 e. The van der Waals surface area contributed by atoms with Crippen molar-refractivity contribution in [1.29, 1.82) is 0 Å². The van der Waals surface area contributed by atoms with E-state index in [2.05, 4.69) is 0 Å². The first-order valence-corrected chi connectivity index (χ1v) is 11.2. The molecule has 0 spiro atoms. The molecule has 1 aliphatic heterocycles. The molecule has 6 heteroatoms. The van der Waals surface area contributed by atoms with Crippen molar-refractivity contribution in [3.63, 3.8) is 0 Å². The molecule has 4 aromatic rings. The average molecular weight is 428 g/mol. The van der Waals surface area contributed by atoms with E-state index in [1.165, 1.54) is 0 Å². The Morgan fingerprint density at radius 3 is 2.45 bits per heavy atom. The second-order valence-corrected chi connectivity index (χ2v) is 8.69. The number of carbonyl (C=O) groups excluding carboxylic acids is 1. The maximum Gasteiger partial charge on any atom is 0.265 e. The van der Waals surface area contributed by atoms with Crippen LogP contribution in [0.3, 0.4) is 0 Å². The molecule has 1 saturated heterocycles. The van der Waals surface area contributed by atoms with Crippen molar-refractivity contribution in [3.8, 4) is 5.69 Å². The van der Waals surface area contributed by atoms with Gasteiger partial charge in [0.2, 0.25) is 5.91 Å². The van der Waals surface area contributed by atoms with Crippen molar-refractivity contribution >= 4 is 34.3 Å². The SMILES string of the molecule is Cc1ccccc1-n1c(C)nc2cc(N3C(=O)CSC3c3ccccc3)ccc2c1=O. The third-order valence-electron chi connectivity index (χ3n) is 5.61. The zero-order chi connectivity index (χ0) is 21.5. The monoisotopic (exact) mass is 427 g/mol. The molecular weight excluding hydrogens is 406 g/mol. The van der Waals surface area contributed by atoms with Crippen LogP contribution in [0.1, 0.15) is 22.3 Å². The van der Waals surface area contributed by atoms with Crippen LogP contribution in [-0.2, 0) is 4.79 Å². The van der Waals surface area contributed by atoms with Gasteiger partial charge in [0.1, 0.15) is 11.2 Å². The molecule has 0 saturated carbocycles. The summed E-state index contributed by atoms with van der Waals surface area (Å²) in [6.45, 7) is 3.82. The Morgan fingerprint density at radius 1 is 0.935 bits per heavy atom. The number of para-hydroxylation sites is 1. The van der Waals surface area contributed by atoms with Crippen LogP contribution in [0, 0.1) is 13.8 Å². The number of hydrogen-bond acceptors (Lipinski definition) is 4. The highest BCUT2D eigenvalue weighted by Gasteiger charge is 2.34. The fraction of sp³-hybridized carbons (Fsp3) is 0.160. The number of aryl methyl sites for hydroxylation is 2. The van der Waals surface area contributed by atoms with E-state index in [0.717, 1.165) is 22.5 Å². The molecule has 3 aromatic carbocycles. The predicted molar refractivity (Wildman–Crippen MR) is 126 cm³/mol. The molecule has 154 valence electrons. The molecular formula is C25H21N3O2S. The summed E-state index contributed by atoms with van der Waals surface area (Å²) >= 11 is 1.61. The number of amides is 1. The number of hydrogen-bond donors (Lipinski definition) is 0. The smallest absolute Gasteiger partial charge is 0.265 e. The Hall–Kier alpha value is -3.38. The molecule has 31 heavy (non-hydrogen) atoms. The Balaban J connectivity index is 1.63. The topological polar surface area (TPSA) is 55.2 Å². The van der Waals surface area contributed by atoms with Gasteiger partial charge in [-0.2, -0.15) is 0 Å². The van der Waals surface area contributed by atoms with Crippen molar-refractivity contribution in [1.82, 2.24) is 9.55 Å². The van der Waals surface area contributed by atoms with Crippen molar-refractivity contribution in [2.75, 3.05) is 10.7 Å². The van der Waals surface area contributed by atoms with Crippen LogP contribution in [0.4, 0.5) is 5.69 Å². The second kappa shape index (κ2) is 7.71. The van der Waals surface area contributed by atoms with Gasteiger partial charge in [-0.25, -0.2) is 4.98 Å². The Bertz CT molecular complexity index is 1360. The normalized spacial score (nSPS) is 16.3. The lowest BCUT2D eigenvalue weighted by molar-refractivity contribution is -0.115. The first-order chi connectivity index (χ1) is 15.0. The molecule has 0 radical (unpaired) electrons. The molecule has 0 bridgehead atoms. The minimum Gasteiger partial charge on any atom is -0.295 e. The minimum absolute atomic E-state index is 0.0585. The van der Waals surface area contributed by atoms with E-state index in [9.17, 15) is 9.59 Å². The molecule has 5 nitrogen and oxygen atoms in total. The Morgan fingerprint density at radius 2 is 1.68 bits per heavy atom. The van der Waals surface area contributed by atoms with Crippen LogP contribution in [-0.4, -0.2) is 21.2 Å². The van der Waals surface area contributed by atoms with Crippen molar-refractivity contribution < 1.29 is 4.79 Å². The van der Waals surface area contributed by atoms with Gasteiger partial charge in [0.05, 0.1) is 22.3 Å². The van der Waals surface area contributed by atoms with Crippen LogP contribution in [0.25, 0.3) is 16.6 Å². The summed E-state index contributed by atoms with van der Waals surface area (Å²) in [5, 5.41) is 0.452. The number of anilines is 1. The molecule has 0 aliphatic carbocycles. The lowest BCUT2D eigenvalue weighted by Crippen LogP contribution is -2.28. The number of nitrogens with zero attached hydrogens (tertiary/aromatic N) is 3. The summed E-state index contributed by atoms with van der Waals surface area (Å²) in [5.41, 5.74) is 4.18. The quantitative estimate of drug-likeness (QED) is 0.472. The lowest BCUT2D eigenvalue weighted by Gasteiger charge is -2.24. The number of fused-ring (bicyclic) bond motifs is 1. The summed E-state index contributed by atoms with van der Waals surface area (Å²) in [5.74, 6) is 1.10. The van der Waals surface area contributed by atoms with E-state index < -0.39 is 0 Å². The molecule has 5 rings (SSSR count). The Labute approximate surface area is 184 Å². The molecule has 1 atom stereocenters. The van der Waals surface area contributed by atoms with E-state index in [4.69, 9.17) is 4.98 Å². The van der Waals surface area contributed by atoms with Gasteiger partial charge in [-0.3, -0.25) is 19.1 Å². The number of aromatic nitrogens is 2. The molecule has 1 aliphatic rings. The van der Waals surface area contributed by atoms with Crippen LogP contribution in [0.5, 0.6) is 0 Å². The molecule has 1 aromatic heterocycles. The number of carbonyl (C=O) groups is 1. The van der Waals surface area contributed by atoms with Crippen LogP contribution in [0.15, 0.2) is 77.6 Å². The zero-order valence-electron chi connectivity index (χ0n) is 17.3. The number of rotatable bonds is 3. The highest BCUT2D eigenvalue weighted by atomic mass is 32.2. The van der Waals surface area contributed by atoms with Crippen molar-refractivity contribution in [2.45, 2.75) is 19.2 Å². The predicted octanol–water partition coefficient (Wildman–Crippen LogP) is 4.78. The highest BCUT2D eigenvalue weighted by Crippen LogP contribution is 2.42. The van der Waals surface area contributed by atoms with Gasteiger partial charge in [0.15, 0.2) is 0 Å². The first kappa shape index (κ1) is 19.6. The van der Waals surface area contributed by atoms with Gasteiger partial charge >= 0.3 is 0 Å². The number of thioether (sulfide) groups is 1. The fourth-order valence-corrected chi connectivity index (χ4v) is 5.28. The van der Waals surface area contributed by atoms with E-state index >= 15 is 0 Å². The van der Waals surface area contributed by atoms with Gasteiger partial charge in [-0.05, 0) is 49.2 Å². The molecule has 1 fully saturated rings. The van der Waals surface area contributed by atoms with E-state index in [1.807, 2.05) is 85.5 Å². The molecule has 0 N–H and O–H groups in total. The van der Waals surface area contributed by atoms with Gasteiger partial charge in [-0.15, -0.1) is 11.8 Å². The zero-order valence-corrected chi connectivity index (χ0v) is 18.1. The summed E-state index contributed by atoms with van der Waals surface area (Å²) < 4.78 is 1.65. The van der Waals surface area contributed by atoms with Gasteiger partial charge in [0.25, 0.3) is 5.56 Å². The summed E-state index contributed by atoms with van der Waals surface area (Å²) in [6.07, 6.45) is 0. The third kappa shape index (κ3) is 3.33. The standard InChI is InChI=1S/C25H21N3O2S/c1-16-8-6-7-11-22(16)27-17(2)26-21-14-19(12-13-20(21)24(27)30)28-23(29)15-31-25(28)18-9-4-3-5-10-18/h3-14,25H,15H2,1-2H3. The third-order valence-corrected chi connectivity index (χ3v) is 6.82. The van der Waals surface area contributed by atoms with Crippen LogP contribution >= 0.6 is 11.8 Å². The highest BCUT2D eigenvalue weighted by molar-refractivity contribution is 8.00. The summed E-state index contributed by atoms with van der Waals surface area (Å²) in [7, 11) is 0. The van der Waals surface area contributed by atoms with Crippen LogP contribution in [0.2, 0.25) is 0 Å². The molecule has 1 amide bonds. The lowest BCUT2D eigenvalue weighted by atomic mass is 10.1.